The number of aromatic nitrogens is 3. The van der Waals surface area contributed by atoms with Crippen molar-refractivity contribution in [3.05, 3.63) is 72.3 Å². The lowest BCUT2D eigenvalue weighted by atomic mass is 9.79. The van der Waals surface area contributed by atoms with Crippen molar-refractivity contribution in [2.24, 2.45) is 0 Å². The van der Waals surface area contributed by atoms with Crippen molar-refractivity contribution < 1.29 is 13.0 Å². The van der Waals surface area contributed by atoms with Gasteiger partial charge in [-0.3, -0.25) is 4.55 Å². The summed E-state index contributed by atoms with van der Waals surface area (Å²) in [4.78, 5) is 1.42. The molecule has 6 nitrogen and oxygen atoms in total. The Labute approximate surface area is 195 Å². The van der Waals surface area contributed by atoms with Crippen LogP contribution in [-0.2, 0) is 15.5 Å². The SMILES string of the molecule is CCCCCC(C)(C)c1ccc(-c2ccccc2S(=O)(=O)O)c(-n2nc3ccccc3n2)c1. The highest BCUT2D eigenvalue weighted by Gasteiger charge is 2.24. The van der Waals surface area contributed by atoms with E-state index in [1.807, 2.05) is 42.5 Å². The zero-order chi connectivity index (χ0) is 23.6. The molecule has 0 fully saturated rings. The third-order valence-corrected chi connectivity index (χ3v) is 7.05. The fraction of sp³-hybridized carbons (Fsp3) is 0.308. The number of unbranched alkanes of at least 4 members (excludes halogenated alkanes) is 2. The average molecular weight is 464 g/mol. The van der Waals surface area contributed by atoms with E-state index in [1.54, 1.807) is 23.0 Å². The van der Waals surface area contributed by atoms with E-state index in [0.29, 0.717) is 16.8 Å². The van der Waals surface area contributed by atoms with Gasteiger partial charge in [0.05, 0.1) is 5.69 Å². The molecule has 33 heavy (non-hydrogen) atoms. The summed E-state index contributed by atoms with van der Waals surface area (Å²) in [5, 5.41) is 9.31. The zero-order valence-electron chi connectivity index (χ0n) is 19.2. The smallest absolute Gasteiger partial charge is 0.282 e. The van der Waals surface area contributed by atoms with Gasteiger partial charge in [-0.25, -0.2) is 0 Å². The van der Waals surface area contributed by atoms with Crippen LogP contribution in [0.5, 0.6) is 0 Å². The van der Waals surface area contributed by atoms with Crippen LogP contribution >= 0.6 is 0 Å². The first-order valence-corrected chi connectivity index (χ1v) is 12.7. The fourth-order valence-corrected chi connectivity index (χ4v) is 4.90. The third kappa shape index (κ3) is 4.84. The van der Waals surface area contributed by atoms with Gasteiger partial charge < -0.3 is 0 Å². The summed E-state index contributed by atoms with van der Waals surface area (Å²) in [5.74, 6) is 0. The van der Waals surface area contributed by atoms with Crippen molar-refractivity contribution in [1.29, 1.82) is 0 Å². The van der Waals surface area contributed by atoms with E-state index >= 15 is 0 Å². The predicted octanol–water partition coefficient (Wildman–Crippen LogP) is 6.19. The van der Waals surface area contributed by atoms with Crippen molar-refractivity contribution in [2.75, 3.05) is 0 Å². The molecule has 1 heterocycles. The molecule has 172 valence electrons. The van der Waals surface area contributed by atoms with E-state index < -0.39 is 10.1 Å². The quantitative estimate of drug-likeness (QED) is 0.249. The monoisotopic (exact) mass is 463 g/mol. The molecule has 0 atom stereocenters. The molecule has 0 saturated heterocycles. The molecule has 1 aromatic heterocycles. The van der Waals surface area contributed by atoms with Gasteiger partial charge in [0.1, 0.15) is 15.9 Å². The highest BCUT2D eigenvalue weighted by molar-refractivity contribution is 7.86. The molecule has 0 amide bonds. The van der Waals surface area contributed by atoms with Crippen molar-refractivity contribution in [2.45, 2.75) is 56.8 Å². The molecule has 0 unspecified atom stereocenters. The minimum absolute atomic E-state index is 0.0718. The van der Waals surface area contributed by atoms with Crippen molar-refractivity contribution in [1.82, 2.24) is 15.0 Å². The van der Waals surface area contributed by atoms with E-state index in [1.165, 1.54) is 12.5 Å². The second-order valence-corrected chi connectivity index (χ2v) is 10.4. The molecule has 0 spiro atoms. The van der Waals surface area contributed by atoms with Gasteiger partial charge in [-0.05, 0) is 41.7 Å². The second-order valence-electron chi connectivity index (χ2n) is 9.02. The van der Waals surface area contributed by atoms with Crippen LogP contribution < -0.4 is 0 Å². The molecule has 0 aliphatic heterocycles. The van der Waals surface area contributed by atoms with Crippen LogP contribution in [0.1, 0.15) is 52.0 Å². The van der Waals surface area contributed by atoms with Crippen LogP contribution in [0.15, 0.2) is 71.6 Å². The molecule has 0 aliphatic carbocycles. The Kier molecular flexibility index (Phi) is 6.36. The molecule has 7 heteroatoms. The first-order valence-electron chi connectivity index (χ1n) is 11.2. The summed E-state index contributed by atoms with van der Waals surface area (Å²) in [6.07, 6.45) is 4.52. The number of rotatable bonds is 8. The van der Waals surface area contributed by atoms with E-state index in [4.69, 9.17) is 0 Å². The number of fused-ring (bicyclic) bond motifs is 1. The third-order valence-electron chi connectivity index (χ3n) is 6.14. The van der Waals surface area contributed by atoms with Crippen molar-refractivity contribution in [3.8, 4) is 16.8 Å². The summed E-state index contributed by atoms with van der Waals surface area (Å²) in [6.45, 7) is 6.64. The minimum atomic E-state index is -4.41. The van der Waals surface area contributed by atoms with Gasteiger partial charge >= 0.3 is 0 Å². The largest absolute Gasteiger partial charge is 0.295 e. The first-order chi connectivity index (χ1) is 15.7. The Morgan fingerprint density at radius 1 is 0.879 bits per heavy atom. The topological polar surface area (TPSA) is 85.1 Å². The summed E-state index contributed by atoms with van der Waals surface area (Å²) in [6, 6.07) is 20.0. The van der Waals surface area contributed by atoms with Crippen LogP contribution in [0, 0.1) is 0 Å². The maximum Gasteiger partial charge on any atom is 0.295 e. The number of nitrogens with zero attached hydrogens (tertiary/aromatic N) is 3. The Hall–Kier alpha value is -3.03. The number of benzene rings is 3. The molecular formula is C26H29N3O3S. The Bertz CT molecular complexity index is 1360. The average Bonchev–Trinajstić information content (AvgIpc) is 3.22. The zero-order valence-corrected chi connectivity index (χ0v) is 20.0. The van der Waals surface area contributed by atoms with Crippen LogP contribution in [0.2, 0.25) is 0 Å². The van der Waals surface area contributed by atoms with Gasteiger partial charge in [-0.1, -0.05) is 82.5 Å². The van der Waals surface area contributed by atoms with Crippen LogP contribution in [0.25, 0.3) is 27.8 Å². The summed E-state index contributed by atoms with van der Waals surface area (Å²) < 4.78 is 34.1. The van der Waals surface area contributed by atoms with Gasteiger partial charge in [-0.15, -0.1) is 15.0 Å². The first kappa shape index (κ1) is 23.1. The standard InChI is InChI=1S/C26H29N3O3S/c1-4-5-10-17-26(2,3)19-15-16-20(21-11-6-9-14-25(21)33(30,31)32)24(18-19)29-27-22-12-7-8-13-23(22)28-29/h6-9,11-16,18H,4-5,10,17H2,1-3H3,(H,30,31,32). The Balaban J connectivity index is 1.93. The summed E-state index contributed by atoms with van der Waals surface area (Å²) in [5.41, 5.74) is 4.27. The van der Waals surface area contributed by atoms with Crippen LogP contribution in [0.4, 0.5) is 0 Å². The number of hydrogen-bond acceptors (Lipinski definition) is 4. The molecule has 4 rings (SSSR count). The molecule has 0 radical (unpaired) electrons. The maximum absolute atomic E-state index is 12.1. The molecule has 1 N–H and O–H groups in total. The molecule has 0 aliphatic rings. The van der Waals surface area contributed by atoms with E-state index in [9.17, 15) is 13.0 Å². The van der Waals surface area contributed by atoms with Crippen LogP contribution in [-0.4, -0.2) is 28.0 Å². The lowest BCUT2D eigenvalue weighted by Crippen LogP contribution is -2.18. The normalized spacial score (nSPS) is 12.4. The highest BCUT2D eigenvalue weighted by Crippen LogP contribution is 2.37. The van der Waals surface area contributed by atoms with E-state index in [0.717, 1.165) is 35.9 Å². The molecule has 0 bridgehead atoms. The van der Waals surface area contributed by atoms with E-state index in [2.05, 4.69) is 31.0 Å². The molecule has 3 aromatic carbocycles. The highest BCUT2D eigenvalue weighted by atomic mass is 32.2. The van der Waals surface area contributed by atoms with Gasteiger partial charge in [0.2, 0.25) is 0 Å². The predicted molar refractivity (Wildman–Crippen MR) is 131 cm³/mol. The van der Waals surface area contributed by atoms with Gasteiger partial charge in [-0.2, -0.15) is 8.42 Å². The maximum atomic E-state index is 12.1. The van der Waals surface area contributed by atoms with E-state index in [-0.39, 0.29) is 10.3 Å². The summed E-state index contributed by atoms with van der Waals surface area (Å²) >= 11 is 0. The van der Waals surface area contributed by atoms with Gasteiger partial charge in [0, 0.05) is 11.1 Å². The second kappa shape index (κ2) is 9.08. The minimum Gasteiger partial charge on any atom is -0.282 e. The van der Waals surface area contributed by atoms with Gasteiger partial charge in [0.15, 0.2) is 0 Å². The van der Waals surface area contributed by atoms with Crippen molar-refractivity contribution in [3.63, 3.8) is 0 Å². The molecular weight excluding hydrogens is 434 g/mol. The number of hydrogen-bond donors (Lipinski definition) is 1. The lowest BCUT2D eigenvalue weighted by molar-refractivity contribution is 0.450. The van der Waals surface area contributed by atoms with Gasteiger partial charge in [0.25, 0.3) is 10.1 Å². The molecule has 4 aromatic rings. The lowest BCUT2D eigenvalue weighted by Gasteiger charge is -2.26. The Morgan fingerprint density at radius 2 is 1.52 bits per heavy atom. The Morgan fingerprint density at radius 3 is 2.15 bits per heavy atom. The molecule has 0 saturated carbocycles. The van der Waals surface area contributed by atoms with Crippen molar-refractivity contribution >= 4 is 21.2 Å². The van der Waals surface area contributed by atoms with Crippen LogP contribution in [0.3, 0.4) is 0 Å². The fourth-order valence-electron chi connectivity index (χ4n) is 4.19. The summed E-state index contributed by atoms with van der Waals surface area (Å²) in [7, 11) is -4.41.